The van der Waals surface area contributed by atoms with Gasteiger partial charge in [-0.05, 0) is 48.0 Å². The van der Waals surface area contributed by atoms with Crippen LogP contribution >= 0.6 is 0 Å². The molecule has 4 aromatic rings. The number of ether oxygens (including phenoxy) is 1. The van der Waals surface area contributed by atoms with Crippen molar-refractivity contribution in [3.05, 3.63) is 96.6 Å². The smallest absolute Gasteiger partial charge is 0.251 e. The van der Waals surface area contributed by atoms with Crippen LogP contribution in [0.1, 0.15) is 15.9 Å². The predicted molar refractivity (Wildman–Crippen MR) is 104 cm³/mol. The molecular formula is C22H17N3O3. The monoisotopic (exact) mass is 371 g/mol. The number of hydrogen-bond acceptors (Lipinski definition) is 5. The van der Waals surface area contributed by atoms with Gasteiger partial charge in [0.1, 0.15) is 11.5 Å². The van der Waals surface area contributed by atoms with Gasteiger partial charge in [-0.25, -0.2) is 4.98 Å². The molecule has 1 amide bonds. The average Bonchev–Trinajstić information content (AvgIpc) is 3.28. The van der Waals surface area contributed by atoms with Crippen molar-refractivity contribution in [2.75, 3.05) is 0 Å². The molecule has 0 aliphatic heterocycles. The van der Waals surface area contributed by atoms with Crippen LogP contribution in [0, 0.1) is 0 Å². The fourth-order valence-corrected chi connectivity index (χ4v) is 2.68. The maximum Gasteiger partial charge on any atom is 0.251 e. The molecule has 3 heterocycles. The van der Waals surface area contributed by atoms with Gasteiger partial charge in [0.2, 0.25) is 5.88 Å². The lowest BCUT2D eigenvalue weighted by molar-refractivity contribution is 0.0950. The van der Waals surface area contributed by atoms with Crippen LogP contribution in [0.4, 0.5) is 0 Å². The first-order valence-corrected chi connectivity index (χ1v) is 8.73. The van der Waals surface area contributed by atoms with Crippen molar-refractivity contribution < 1.29 is 13.9 Å². The molecule has 28 heavy (non-hydrogen) atoms. The molecular weight excluding hydrogens is 354 g/mol. The normalized spacial score (nSPS) is 10.4. The summed E-state index contributed by atoms with van der Waals surface area (Å²) in [5.74, 6) is 1.56. The van der Waals surface area contributed by atoms with Gasteiger partial charge in [0.05, 0.1) is 6.26 Å². The minimum absolute atomic E-state index is 0.199. The van der Waals surface area contributed by atoms with Crippen LogP contribution in [-0.4, -0.2) is 15.9 Å². The zero-order valence-corrected chi connectivity index (χ0v) is 14.9. The van der Waals surface area contributed by atoms with Gasteiger partial charge >= 0.3 is 0 Å². The molecule has 0 spiro atoms. The summed E-state index contributed by atoms with van der Waals surface area (Å²) in [6.45, 7) is 0.353. The molecule has 0 radical (unpaired) electrons. The van der Waals surface area contributed by atoms with Crippen LogP contribution in [0.3, 0.4) is 0 Å². The SMILES string of the molecule is O=C(NCc1cncc(-c2ccco2)c1)c1cccc(Oc2ccccn2)c1. The van der Waals surface area contributed by atoms with E-state index in [0.717, 1.165) is 16.9 Å². The van der Waals surface area contributed by atoms with Gasteiger partial charge in [0.25, 0.3) is 5.91 Å². The third-order valence-corrected chi connectivity index (χ3v) is 4.01. The quantitative estimate of drug-likeness (QED) is 0.541. The molecule has 0 aliphatic rings. The second kappa shape index (κ2) is 8.18. The molecule has 4 rings (SSSR count). The number of amides is 1. The molecule has 0 bridgehead atoms. The summed E-state index contributed by atoms with van der Waals surface area (Å²) in [4.78, 5) is 20.8. The Labute approximate surface area is 161 Å². The number of nitrogens with one attached hydrogen (secondary N) is 1. The topological polar surface area (TPSA) is 77.2 Å². The molecule has 1 N–H and O–H groups in total. The first-order valence-electron chi connectivity index (χ1n) is 8.73. The van der Waals surface area contributed by atoms with Crippen molar-refractivity contribution in [2.45, 2.75) is 6.54 Å². The third-order valence-electron chi connectivity index (χ3n) is 4.01. The molecule has 0 saturated heterocycles. The van der Waals surface area contributed by atoms with Crippen LogP contribution in [-0.2, 0) is 6.54 Å². The highest BCUT2D eigenvalue weighted by Gasteiger charge is 2.09. The van der Waals surface area contributed by atoms with Gasteiger partial charge in [0, 0.05) is 42.3 Å². The van der Waals surface area contributed by atoms with Crippen molar-refractivity contribution in [1.82, 2.24) is 15.3 Å². The Hall–Kier alpha value is -3.93. The van der Waals surface area contributed by atoms with Crippen LogP contribution in [0.25, 0.3) is 11.3 Å². The maximum absolute atomic E-state index is 12.5. The lowest BCUT2D eigenvalue weighted by Gasteiger charge is -2.08. The Morgan fingerprint density at radius 3 is 2.82 bits per heavy atom. The molecule has 0 saturated carbocycles. The summed E-state index contributed by atoms with van der Waals surface area (Å²) in [6.07, 6.45) is 6.70. The molecule has 6 nitrogen and oxygen atoms in total. The molecule has 0 aliphatic carbocycles. The van der Waals surface area contributed by atoms with Crippen LogP contribution in [0.15, 0.2) is 89.9 Å². The number of carbonyl (C=O) groups excluding carboxylic acids is 1. The summed E-state index contributed by atoms with van der Waals surface area (Å²) in [5.41, 5.74) is 2.24. The molecule has 0 atom stereocenters. The summed E-state index contributed by atoms with van der Waals surface area (Å²) < 4.78 is 11.1. The van der Waals surface area contributed by atoms with Crippen molar-refractivity contribution in [3.63, 3.8) is 0 Å². The molecule has 3 aromatic heterocycles. The summed E-state index contributed by atoms with van der Waals surface area (Å²) >= 11 is 0. The summed E-state index contributed by atoms with van der Waals surface area (Å²) in [5, 5.41) is 2.90. The number of nitrogens with zero attached hydrogens (tertiary/aromatic N) is 2. The van der Waals surface area contributed by atoms with E-state index < -0.39 is 0 Å². The largest absolute Gasteiger partial charge is 0.464 e. The molecule has 0 unspecified atom stereocenters. The third kappa shape index (κ3) is 4.24. The van der Waals surface area contributed by atoms with Gasteiger partial charge in [-0.3, -0.25) is 9.78 Å². The van der Waals surface area contributed by atoms with E-state index >= 15 is 0 Å². The number of aromatic nitrogens is 2. The number of hydrogen-bond donors (Lipinski definition) is 1. The standard InChI is InChI=1S/C22H17N3O3/c26-22(17-5-3-6-19(12-17)28-21-8-1-2-9-24-21)25-14-16-11-18(15-23-13-16)20-7-4-10-27-20/h1-13,15H,14H2,(H,25,26). The summed E-state index contributed by atoms with van der Waals surface area (Å²) in [6, 6.07) is 18.0. The van der Waals surface area contributed by atoms with Gasteiger partial charge in [-0.15, -0.1) is 0 Å². The molecule has 1 aromatic carbocycles. The highest BCUT2D eigenvalue weighted by atomic mass is 16.5. The Morgan fingerprint density at radius 1 is 1.04 bits per heavy atom. The predicted octanol–water partition coefficient (Wildman–Crippen LogP) is 4.46. The fourth-order valence-electron chi connectivity index (χ4n) is 2.68. The molecule has 138 valence electrons. The van der Waals surface area contributed by atoms with Gasteiger partial charge < -0.3 is 14.5 Å². The highest BCUT2D eigenvalue weighted by Crippen LogP contribution is 2.21. The minimum Gasteiger partial charge on any atom is -0.464 e. The van der Waals surface area contributed by atoms with Crippen LogP contribution in [0.5, 0.6) is 11.6 Å². The number of pyridine rings is 2. The number of carbonyl (C=O) groups is 1. The van der Waals surface area contributed by atoms with Gasteiger partial charge in [-0.2, -0.15) is 0 Å². The van der Waals surface area contributed by atoms with E-state index in [4.69, 9.17) is 9.15 Å². The van der Waals surface area contributed by atoms with Crippen LogP contribution < -0.4 is 10.1 Å². The van der Waals surface area contributed by atoms with E-state index in [0.29, 0.717) is 23.7 Å². The van der Waals surface area contributed by atoms with Gasteiger partial charge in [-0.1, -0.05) is 12.1 Å². The number of rotatable bonds is 6. The van der Waals surface area contributed by atoms with Gasteiger partial charge in [0.15, 0.2) is 0 Å². The van der Waals surface area contributed by atoms with Crippen molar-refractivity contribution in [1.29, 1.82) is 0 Å². The van der Waals surface area contributed by atoms with Crippen LogP contribution in [0.2, 0.25) is 0 Å². The highest BCUT2D eigenvalue weighted by molar-refractivity contribution is 5.94. The Balaban J connectivity index is 1.42. The second-order valence-corrected chi connectivity index (χ2v) is 6.04. The number of benzene rings is 1. The van der Waals surface area contributed by atoms with E-state index in [1.807, 2.05) is 30.3 Å². The van der Waals surface area contributed by atoms with E-state index in [-0.39, 0.29) is 5.91 Å². The van der Waals surface area contributed by atoms with E-state index in [1.165, 1.54) is 0 Å². The van der Waals surface area contributed by atoms with Crippen molar-refractivity contribution in [3.8, 4) is 23.0 Å². The lowest BCUT2D eigenvalue weighted by Crippen LogP contribution is -2.22. The summed E-state index contributed by atoms with van der Waals surface area (Å²) in [7, 11) is 0. The fraction of sp³-hybridized carbons (Fsp3) is 0.0455. The van der Waals surface area contributed by atoms with Crippen molar-refractivity contribution in [2.24, 2.45) is 0 Å². The number of furan rings is 1. The molecule has 0 fully saturated rings. The maximum atomic E-state index is 12.5. The second-order valence-electron chi connectivity index (χ2n) is 6.04. The van der Waals surface area contributed by atoms with E-state index in [2.05, 4.69) is 15.3 Å². The Kier molecular flexibility index (Phi) is 5.11. The minimum atomic E-state index is -0.199. The zero-order valence-electron chi connectivity index (χ0n) is 14.9. The lowest BCUT2D eigenvalue weighted by atomic mass is 10.1. The Morgan fingerprint density at radius 2 is 2.00 bits per heavy atom. The molecule has 6 heteroatoms. The first kappa shape index (κ1) is 17.5. The van der Waals surface area contributed by atoms with E-state index in [1.54, 1.807) is 55.2 Å². The first-order chi connectivity index (χ1) is 13.8. The zero-order chi connectivity index (χ0) is 19.2. The average molecular weight is 371 g/mol. The van der Waals surface area contributed by atoms with E-state index in [9.17, 15) is 4.79 Å². The Bertz CT molecular complexity index is 1060. The van der Waals surface area contributed by atoms with Crippen molar-refractivity contribution >= 4 is 5.91 Å².